The fourth-order valence-electron chi connectivity index (χ4n) is 4.18. The number of fused-ring (bicyclic) bond motifs is 2. The Bertz CT molecular complexity index is 916. The number of aryl methyl sites for hydroxylation is 1. The Balaban J connectivity index is 1.13. The lowest BCUT2D eigenvalue weighted by molar-refractivity contribution is -0.123. The molecule has 1 saturated carbocycles. The maximum absolute atomic E-state index is 12.4. The minimum atomic E-state index is 0.130. The quantitative estimate of drug-likeness (QED) is 0.636. The van der Waals surface area contributed by atoms with Crippen molar-refractivity contribution in [2.75, 3.05) is 13.1 Å². The third kappa shape index (κ3) is 2.76. The van der Waals surface area contributed by atoms with Gasteiger partial charge < -0.3 is 10.3 Å². The SMILES string of the molecule is Cc1nc(CNC(=O)C2[C@H]3CN(Cc4nc5ccccc5[nH]4)C[C@@H]23)n[nH]1. The van der Waals surface area contributed by atoms with E-state index in [2.05, 4.69) is 35.4 Å². The van der Waals surface area contributed by atoms with Crippen molar-refractivity contribution >= 4 is 16.9 Å². The maximum Gasteiger partial charge on any atom is 0.224 e. The van der Waals surface area contributed by atoms with Gasteiger partial charge in [-0.2, -0.15) is 5.10 Å². The smallest absolute Gasteiger partial charge is 0.224 e. The largest absolute Gasteiger partial charge is 0.348 e. The summed E-state index contributed by atoms with van der Waals surface area (Å²) in [6.07, 6.45) is 0. The van der Waals surface area contributed by atoms with Gasteiger partial charge in [-0.3, -0.25) is 14.8 Å². The van der Waals surface area contributed by atoms with E-state index in [4.69, 9.17) is 0 Å². The Morgan fingerprint density at radius 3 is 2.81 bits per heavy atom. The molecule has 2 fully saturated rings. The third-order valence-corrected chi connectivity index (χ3v) is 5.45. The van der Waals surface area contributed by atoms with Gasteiger partial charge in [-0.15, -0.1) is 0 Å². The Kier molecular flexibility index (Phi) is 3.53. The van der Waals surface area contributed by atoms with Crippen LogP contribution in [0.5, 0.6) is 0 Å². The van der Waals surface area contributed by atoms with Crippen LogP contribution in [0.25, 0.3) is 11.0 Å². The summed E-state index contributed by atoms with van der Waals surface area (Å²) in [5.74, 6) is 3.59. The average molecular weight is 351 g/mol. The molecule has 0 radical (unpaired) electrons. The predicted octanol–water partition coefficient (Wildman–Crippen LogP) is 0.984. The zero-order valence-electron chi connectivity index (χ0n) is 14.6. The number of aromatic amines is 2. The van der Waals surface area contributed by atoms with Gasteiger partial charge in [-0.1, -0.05) is 12.1 Å². The number of nitrogens with zero attached hydrogens (tertiary/aromatic N) is 4. The van der Waals surface area contributed by atoms with Crippen molar-refractivity contribution in [1.82, 2.24) is 35.4 Å². The van der Waals surface area contributed by atoms with E-state index < -0.39 is 0 Å². The van der Waals surface area contributed by atoms with Gasteiger partial charge >= 0.3 is 0 Å². The number of hydrogen-bond donors (Lipinski definition) is 3. The molecule has 8 heteroatoms. The summed E-state index contributed by atoms with van der Waals surface area (Å²) in [6.45, 7) is 4.97. The van der Waals surface area contributed by atoms with E-state index in [1.807, 2.05) is 31.2 Å². The van der Waals surface area contributed by atoms with Crippen LogP contribution in [0.4, 0.5) is 0 Å². The molecule has 3 atom stereocenters. The summed E-state index contributed by atoms with van der Waals surface area (Å²) >= 11 is 0. The van der Waals surface area contributed by atoms with E-state index >= 15 is 0 Å². The molecule has 1 unspecified atom stereocenters. The zero-order valence-corrected chi connectivity index (χ0v) is 14.6. The summed E-state index contributed by atoms with van der Waals surface area (Å²) in [6, 6.07) is 8.08. The second kappa shape index (κ2) is 5.91. The van der Waals surface area contributed by atoms with Crippen LogP contribution in [0.2, 0.25) is 0 Å². The molecule has 5 rings (SSSR count). The predicted molar refractivity (Wildman–Crippen MR) is 94.8 cm³/mol. The molecule has 1 amide bonds. The number of aromatic nitrogens is 5. The highest BCUT2D eigenvalue weighted by molar-refractivity contribution is 5.82. The van der Waals surface area contributed by atoms with Crippen LogP contribution in [-0.4, -0.2) is 49.0 Å². The van der Waals surface area contributed by atoms with Crippen molar-refractivity contribution < 1.29 is 4.79 Å². The van der Waals surface area contributed by atoms with Crippen molar-refractivity contribution in [2.45, 2.75) is 20.0 Å². The lowest BCUT2D eigenvalue weighted by Crippen LogP contribution is -2.31. The van der Waals surface area contributed by atoms with E-state index in [0.717, 1.165) is 42.3 Å². The molecule has 1 aliphatic heterocycles. The molecule has 0 spiro atoms. The Hall–Kier alpha value is -2.74. The first-order valence-electron chi connectivity index (χ1n) is 8.99. The molecule has 2 aromatic heterocycles. The van der Waals surface area contributed by atoms with Gasteiger partial charge in [0.15, 0.2) is 5.82 Å². The molecular formula is C18H21N7O. The highest BCUT2D eigenvalue weighted by Gasteiger charge is 2.59. The summed E-state index contributed by atoms with van der Waals surface area (Å²) < 4.78 is 0. The summed E-state index contributed by atoms with van der Waals surface area (Å²) in [5, 5.41) is 9.80. The van der Waals surface area contributed by atoms with Crippen LogP contribution < -0.4 is 5.32 Å². The van der Waals surface area contributed by atoms with E-state index in [-0.39, 0.29) is 11.8 Å². The highest BCUT2D eigenvalue weighted by Crippen LogP contribution is 2.52. The lowest BCUT2D eigenvalue weighted by Gasteiger charge is -2.17. The number of benzene rings is 1. The highest BCUT2D eigenvalue weighted by atomic mass is 16.2. The van der Waals surface area contributed by atoms with Crippen LogP contribution in [0.15, 0.2) is 24.3 Å². The first-order chi connectivity index (χ1) is 12.7. The first kappa shape index (κ1) is 15.5. The minimum Gasteiger partial charge on any atom is -0.348 e. The molecule has 2 aliphatic rings. The molecular weight excluding hydrogens is 330 g/mol. The number of para-hydroxylation sites is 2. The monoisotopic (exact) mass is 351 g/mol. The molecule has 3 heterocycles. The van der Waals surface area contributed by atoms with Gasteiger partial charge in [-0.25, -0.2) is 9.97 Å². The van der Waals surface area contributed by atoms with Gasteiger partial charge in [-0.05, 0) is 30.9 Å². The Labute approximate surface area is 150 Å². The molecule has 0 bridgehead atoms. The molecule has 26 heavy (non-hydrogen) atoms. The summed E-state index contributed by atoms with van der Waals surface area (Å²) in [7, 11) is 0. The molecule has 1 aromatic carbocycles. The topological polar surface area (TPSA) is 103 Å². The Morgan fingerprint density at radius 1 is 1.27 bits per heavy atom. The second-order valence-electron chi connectivity index (χ2n) is 7.30. The van der Waals surface area contributed by atoms with E-state index in [9.17, 15) is 4.79 Å². The van der Waals surface area contributed by atoms with E-state index in [1.165, 1.54) is 0 Å². The molecule has 3 aromatic rings. The average Bonchev–Trinajstić information content (AvgIpc) is 3.03. The van der Waals surface area contributed by atoms with Crippen molar-refractivity contribution in [3.05, 3.63) is 41.7 Å². The minimum absolute atomic E-state index is 0.130. The number of amides is 1. The Morgan fingerprint density at radius 2 is 2.08 bits per heavy atom. The van der Waals surface area contributed by atoms with Crippen LogP contribution in [0.3, 0.4) is 0 Å². The molecule has 1 aliphatic carbocycles. The summed E-state index contributed by atoms with van der Waals surface area (Å²) in [4.78, 5) is 27.0. The number of imidazole rings is 1. The van der Waals surface area contributed by atoms with Crippen molar-refractivity contribution in [2.24, 2.45) is 17.8 Å². The van der Waals surface area contributed by atoms with Crippen molar-refractivity contribution in [3.8, 4) is 0 Å². The van der Waals surface area contributed by atoms with Gasteiger partial charge in [0.1, 0.15) is 11.6 Å². The second-order valence-corrected chi connectivity index (χ2v) is 7.30. The molecule has 3 N–H and O–H groups in total. The lowest BCUT2D eigenvalue weighted by atomic mass is 10.2. The number of nitrogens with one attached hydrogen (secondary N) is 3. The number of hydrogen-bond acceptors (Lipinski definition) is 5. The van der Waals surface area contributed by atoms with Crippen LogP contribution >= 0.6 is 0 Å². The fraction of sp³-hybridized carbons (Fsp3) is 0.444. The number of piperidine rings is 1. The molecule has 134 valence electrons. The third-order valence-electron chi connectivity index (χ3n) is 5.45. The number of carbonyl (C=O) groups excluding carboxylic acids is 1. The van der Waals surface area contributed by atoms with E-state index in [1.54, 1.807) is 0 Å². The first-order valence-corrected chi connectivity index (χ1v) is 8.99. The van der Waals surface area contributed by atoms with Gasteiger partial charge in [0.25, 0.3) is 0 Å². The summed E-state index contributed by atoms with van der Waals surface area (Å²) in [5.41, 5.74) is 2.08. The normalized spacial score (nSPS) is 24.7. The molecule has 8 nitrogen and oxygen atoms in total. The molecule has 1 saturated heterocycles. The number of rotatable bonds is 5. The van der Waals surface area contributed by atoms with Gasteiger partial charge in [0.2, 0.25) is 5.91 Å². The number of likely N-dealkylation sites (tertiary alicyclic amines) is 1. The van der Waals surface area contributed by atoms with Crippen LogP contribution in [0, 0.1) is 24.7 Å². The fourth-order valence-corrected chi connectivity index (χ4v) is 4.18. The van der Waals surface area contributed by atoms with E-state index in [0.29, 0.717) is 24.2 Å². The van der Waals surface area contributed by atoms with Crippen molar-refractivity contribution in [1.29, 1.82) is 0 Å². The van der Waals surface area contributed by atoms with Gasteiger partial charge in [0, 0.05) is 19.0 Å². The van der Waals surface area contributed by atoms with Crippen LogP contribution in [0.1, 0.15) is 17.5 Å². The standard InChI is InChI=1S/C18H21N7O/c1-10-20-15(24-23-10)6-19-18(26)17-11-7-25(8-12(11)17)9-16-21-13-4-2-3-5-14(13)22-16/h2-5,11-12,17H,6-9H2,1H3,(H,19,26)(H,21,22)(H,20,23,24)/t11-,12+,17?. The zero-order chi connectivity index (χ0) is 17.7. The van der Waals surface area contributed by atoms with Crippen molar-refractivity contribution in [3.63, 3.8) is 0 Å². The van der Waals surface area contributed by atoms with Crippen LogP contribution in [-0.2, 0) is 17.9 Å². The maximum atomic E-state index is 12.4. The number of carbonyl (C=O) groups is 1. The van der Waals surface area contributed by atoms with Gasteiger partial charge in [0.05, 0.1) is 24.1 Å². The number of H-pyrrole nitrogens is 2.